The molecule has 0 saturated heterocycles. The third kappa shape index (κ3) is 15.8. The summed E-state index contributed by atoms with van der Waals surface area (Å²) < 4.78 is 10.2. The van der Waals surface area contributed by atoms with E-state index in [2.05, 4.69) is 13.8 Å². The number of unbranched alkanes of at least 4 members (excludes halogenated alkanes) is 6. The quantitative estimate of drug-likeness (QED) is 0.380. The van der Waals surface area contributed by atoms with Gasteiger partial charge in [0, 0.05) is 6.42 Å². The van der Waals surface area contributed by atoms with E-state index in [1.54, 1.807) is 0 Å². The SMILES string of the molecule is CCCCCCOC(=O)CCC(N)C(=O)OCCCCCC.Cl. The first kappa shape index (κ1) is 24.4. The molecule has 0 aromatic rings. The van der Waals surface area contributed by atoms with Crippen LogP contribution in [-0.4, -0.2) is 31.2 Å². The van der Waals surface area contributed by atoms with E-state index < -0.39 is 12.0 Å². The van der Waals surface area contributed by atoms with E-state index in [1.165, 1.54) is 0 Å². The Labute approximate surface area is 147 Å². The van der Waals surface area contributed by atoms with E-state index in [9.17, 15) is 9.59 Å². The second-order valence-electron chi connectivity index (χ2n) is 5.65. The number of rotatable bonds is 14. The first-order valence-electron chi connectivity index (χ1n) is 8.69. The van der Waals surface area contributed by atoms with Gasteiger partial charge in [-0.1, -0.05) is 52.4 Å². The van der Waals surface area contributed by atoms with Gasteiger partial charge in [-0.25, -0.2) is 0 Å². The van der Waals surface area contributed by atoms with Crippen molar-refractivity contribution in [1.29, 1.82) is 0 Å². The maximum atomic E-state index is 11.6. The average molecular weight is 352 g/mol. The van der Waals surface area contributed by atoms with Gasteiger partial charge in [0.2, 0.25) is 0 Å². The average Bonchev–Trinajstić information content (AvgIpc) is 2.52. The number of ether oxygens (including phenoxy) is 2. The van der Waals surface area contributed by atoms with Crippen molar-refractivity contribution in [2.75, 3.05) is 13.2 Å². The van der Waals surface area contributed by atoms with Gasteiger partial charge in [0.15, 0.2) is 0 Å². The van der Waals surface area contributed by atoms with Gasteiger partial charge in [0.25, 0.3) is 0 Å². The highest BCUT2D eigenvalue weighted by Gasteiger charge is 2.16. The van der Waals surface area contributed by atoms with Crippen LogP contribution in [0.25, 0.3) is 0 Å². The predicted molar refractivity (Wildman–Crippen MR) is 94.7 cm³/mol. The summed E-state index contributed by atoms with van der Waals surface area (Å²) in [6.45, 7) is 5.13. The minimum absolute atomic E-state index is 0. The Kier molecular flexibility index (Phi) is 18.6. The summed E-state index contributed by atoms with van der Waals surface area (Å²) in [5.41, 5.74) is 5.72. The molecule has 0 aromatic heterocycles. The van der Waals surface area contributed by atoms with E-state index in [0.717, 1.165) is 51.4 Å². The lowest BCUT2D eigenvalue weighted by molar-refractivity contribution is -0.146. The first-order valence-corrected chi connectivity index (χ1v) is 8.69. The van der Waals surface area contributed by atoms with Crippen LogP contribution in [0.5, 0.6) is 0 Å². The van der Waals surface area contributed by atoms with Gasteiger partial charge < -0.3 is 15.2 Å². The standard InChI is InChI=1S/C17H33NO4.ClH/c1-3-5-7-9-13-21-16(19)12-11-15(18)17(20)22-14-10-8-6-4-2;/h15H,3-14,18H2,1-2H3;1H. The molecule has 0 aliphatic rings. The molecule has 0 bridgehead atoms. The van der Waals surface area contributed by atoms with Crippen LogP contribution in [-0.2, 0) is 19.1 Å². The van der Waals surface area contributed by atoms with Crippen LogP contribution >= 0.6 is 12.4 Å². The minimum atomic E-state index is -0.737. The Morgan fingerprint density at radius 1 is 0.870 bits per heavy atom. The fourth-order valence-electron chi connectivity index (χ4n) is 1.99. The number of hydrogen-bond donors (Lipinski definition) is 1. The lowest BCUT2D eigenvalue weighted by atomic mass is 10.1. The summed E-state index contributed by atoms with van der Waals surface area (Å²) in [5.74, 6) is -0.713. The topological polar surface area (TPSA) is 78.6 Å². The van der Waals surface area contributed by atoms with Crippen molar-refractivity contribution in [2.24, 2.45) is 5.73 Å². The molecular weight excluding hydrogens is 318 g/mol. The lowest BCUT2D eigenvalue weighted by Gasteiger charge is -2.11. The van der Waals surface area contributed by atoms with Crippen molar-refractivity contribution in [3.63, 3.8) is 0 Å². The van der Waals surface area contributed by atoms with Crippen LogP contribution in [0.4, 0.5) is 0 Å². The largest absolute Gasteiger partial charge is 0.466 e. The fourth-order valence-corrected chi connectivity index (χ4v) is 1.99. The second-order valence-corrected chi connectivity index (χ2v) is 5.65. The molecule has 23 heavy (non-hydrogen) atoms. The molecule has 0 heterocycles. The van der Waals surface area contributed by atoms with E-state index in [4.69, 9.17) is 15.2 Å². The van der Waals surface area contributed by atoms with Crippen molar-refractivity contribution in [1.82, 2.24) is 0 Å². The van der Waals surface area contributed by atoms with Crippen molar-refractivity contribution >= 4 is 24.3 Å². The molecule has 0 spiro atoms. The number of hydrogen-bond acceptors (Lipinski definition) is 5. The highest BCUT2D eigenvalue weighted by molar-refractivity contribution is 5.85. The summed E-state index contributed by atoms with van der Waals surface area (Å²) in [6, 6.07) is -0.737. The number of nitrogens with two attached hydrogens (primary N) is 1. The molecule has 0 radical (unpaired) electrons. The zero-order valence-electron chi connectivity index (χ0n) is 14.7. The molecule has 2 N–H and O–H groups in total. The van der Waals surface area contributed by atoms with E-state index in [-0.39, 0.29) is 31.2 Å². The zero-order valence-corrected chi connectivity index (χ0v) is 15.5. The molecule has 6 heteroatoms. The Balaban J connectivity index is 0. The molecule has 0 aliphatic carbocycles. The predicted octanol–water partition coefficient (Wildman–Crippen LogP) is 3.76. The number of carbonyl (C=O) groups excluding carboxylic acids is 2. The monoisotopic (exact) mass is 351 g/mol. The molecule has 0 fully saturated rings. The first-order chi connectivity index (χ1) is 10.6. The van der Waals surface area contributed by atoms with Crippen molar-refractivity contribution in [2.45, 2.75) is 84.1 Å². The highest BCUT2D eigenvalue weighted by atomic mass is 35.5. The molecule has 0 rings (SSSR count). The lowest BCUT2D eigenvalue weighted by Crippen LogP contribution is -2.33. The fraction of sp³-hybridized carbons (Fsp3) is 0.882. The summed E-state index contributed by atoms with van der Waals surface area (Å²) >= 11 is 0. The Morgan fingerprint density at radius 3 is 1.91 bits per heavy atom. The smallest absolute Gasteiger partial charge is 0.322 e. The molecule has 0 amide bonds. The number of halogens is 1. The van der Waals surface area contributed by atoms with Crippen molar-refractivity contribution in [3.05, 3.63) is 0 Å². The molecule has 1 unspecified atom stereocenters. The highest BCUT2D eigenvalue weighted by Crippen LogP contribution is 2.04. The van der Waals surface area contributed by atoms with E-state index in [0.29, 0.717) is 13.2 Å². The van der Waals surface area contributed by atoms with Crippen LogP contribution in [0.1, 0.15) is 78.1 Å². The summed E-state index contributed by atoms with van der Waals surface area (Å²) in [7, 11) is 0. The normalized spacial score (nSPS) is 11.4. The van der Waals surface area contributed by atoms with Crippen LogP contribution in [0, 0.1) is 0 Å². The molecule has 0 saturated carbocycles. The van der Waals surface area contributed by atoms with Gasteiger partial charge >= 0.3 is 11.9 Å². The van der Waals surface area contributed by atoms with Crippen molar-refractivity contribution in [3.8, 4) is 0 Å². The number of carbonyl (C=O) groups is 2. The molecule has 138 valence electrons. The second kappa shape index (κ2) is 17.5. The Morgan fingerprint density at radius 2 is 1.39 bits per heavy atom. The third-order valence-electron chi connectivity index (χ3n) is 3.47. The van der Waals surface area contributed by atoms with Crippen LogP contribution in [0.15, 0.2) is 0 Å². The van der Waals surface area contributed by atoms with Gasteiger partial charge in [0.05, 0.1) is 13.2 Å². The summed E-state index contributed by atoms with van der Waals surface area (Å²) in [6.07, 6.45) is 8.95. The molecule has 0 aromatic carbocycles. The molecule has 0 aliphatic heterocycles. The van der Waals surface area contributed by atoms with Gasteiger partial charge in [-0.2, -0.15) is 0 Å². The molecule has 5 nitrogen and oxygen atoms in total. The van der Waals surface area contributed by atoms with Crippen molar-refractivity contribution < 1.29 is 19.1 Å². The molecular formula is C17H34ClNO4. The minimum Gasteiger partial charge on any atom is -0.466 e. The van der Waals surface area contributed by atoms with Crippen LogP contribution < -0.4 is 5.73 Å². The number of esters is 2. The zero-order chi connectivity index (χ0) is 16.6. The van der Waals surface area contributed by atoms with Gasteiger partial charge in [-0.15, -0.1) is 12.4 Å². The van der Waals surface area contributed by atoms with Gasteiger partial charge in [-0.3, -0.25) is 9.59 Å². The van der Waals surface area contributed by atoms with Gasteiger partial charge in [-0.05, 0) is 19.3 Å². The maximum absolute atomic E-state index is 11.6. The van der Waals surface area contributed by atoms with Crippen LogP contribution in [0.3, 0.4) is 0 Å². The van der Waals surface area contributed by atoms with Crippen LogP contribution in [0.2, 0.25) is 0 Å². The Hall–Kier alpha value is -0.810. The van der Waals surface area contributed by atoms with Gasteiger partial charge in [0.1, 0.15) is 6.04 Å². The van der Waals surface area contributed by atoms with E-state index >= 15 is 0 Å². The Bertz CT molecular complexity index is 300. The summed E-state index contributed by atoms with van der Waals surface area (Å²) in [5, 5.41) is 0. The maximum Gasteiger partial charge on any atom is 0.322 e. The molecule has 1 atom stereocenters. The summed E-state index contributed by atoms with van der Waals surface area (Å²) in [4.78, 5) is 23.1. The third-order valence-corrected chi connectivity index (χ3v) is 3.47. The van der Waals surface area contributed by atoms with E-state index in [1.807, 2.05) is 0 Å².